The maximum Gasteiger partial charge on any atom is 0.407 e. The Labute approximate surface area is 244 Å². The highest BCUT2D eigenvalue weighted by Crippen LogP contribution is 2.77. The molecule has 5 saturated carbocycles. The molecule has 40 heavy (non-hydrogen) atoms. The van der Waals surface area contributed by atoms with Crippen LogP contribution in [0.15, 0.2) is 12.2 Å². The molecule has 0 aromatic carbocycles. The van der Waals surface area contributed by atoms with Gasteiger partial charge in [0, 0.05) is 24.3 Å². The minimum atomic E-state index is -0.263. The Hall–Kier alpha value is -1.52. The van der Waals surface area contributed by atoms with E-state index in [0.717, 1.165) is 25.7 Å². The summed E-state index contributed by atoms with van der Waals surface area (Å²) in [6.07, 6.45) is 11.6. The summed E-state index contributed by atoms with van der Waals surface area (Å²) in [5.74, 6) is 2.82. The molecule has 5 fully saturated rings. The van der Waals surface area contributed by atoms with Crippen molar-refractivity contribution in [3.8, 4) is 0 Å². The molecule has 5 nitrogen and oxygen atoms in total. The smallest absolute Gasteiger partial charge is 0.407 e. The van der Waals surface area contributed by atoms with Crippen LogP contribution in [-0.2, 0) is 14.3 Å². The normalized spacial score (nSPS) is 47.1. The third kappa shape index (κ3) is 4.21. The maximum absolute atomic E-state index is 12.4. The van der Waals surface area contributed by atoms with Crippen molar-refractivity contribution < 1.29 is 19.1 Å². The van der Waals surface area contributed by atoms with Gasteiger partial charge in [-0.2, -0.15) is 0 Å². The number of amides is 1. The lowest BCUT2D eigenvalue weighted by molar-refractivity contribution is -0.249. The quantitative estimate of drug-likeness (QED) is 0.274. The number of carbonyl (C=O) groups is 2. The second-order valence-corrected chi connectivity index (χ2v) is 16.1. The molecule has 0 aromatic heterocycles. The Morgan fingerprint density at radius 3 is 2.23 bits per heavy atom. The molecule has 5 aliphatic rings. The van der Waals surface area contributed by atoms with Gasteiger partial charge in [-0.25, -0.2) is 4.79 Å². The first kappa shape index (κ1) is 30.0. The van der Waals surface area contributed by atoms with Gasteiger partial charge in [0.25, 0.3) is 0 Å². The Bertz CT molecular complexity index is 1040. The minimum Gasteiger partial charge on any atom is -0.465 e. The molecule has 5 rings (SSSR count). The molecule has 5 unspecified atom stereocenters. The number of hydrogen-bond donors (Lipinski definition) is 1. The standard InChI is InChI=1S/C35H57NO4/c1-10-36-30(38)40-28-15-16-32(7)26(31(28,5)6)14-17-34(9)27(32)12-11-25-29-24(22(2)3)13-18-35(29,21-39-23(4)37)20-19-33(25,34)8/h24-29H,2,10-21H2,1,3-9H3,(H,36,38)/t24?,25?,26?,27?,28-,29?,32-,33+,34+,35+/m0/s1. The monoisotopic (exact) mass is 555 g/mol. The van der Waals surface area contributed by atoms with Crippen LogP contribution in [0.25, 0.3) is 0 Å². The van der Waals surface area contributed by atoms with Crippen molar-refractivity contribution in [1.82, 2.24) is 5.32 Å². The van der Waals surface area contributed by atoms with E-state index < -0.39 is 0 Å². The molecule has 10 atom stereocenters. The number of rotatable bonds is 5. The van der Waals surface area contributed by atoms with Crippen LogP contribution in [0, 0.1) is 56.7 Å². The molecule has 0 saturated heterocycles. The predicted octanol–water partition coefficient (Wildman–Crippen LogP) is 8.32. The number of allylic oxidation sites excluding steroid dienone is 1. The Balaban J connectivity index is 1.46. The van der Waals surface area contributed by atoms with Gasteiger partial charge in [0.1, 0.15) is 6.10 Å². The molecule has 1 N–H and O–H groups in total. The van der Waals surface area contributed by atoms with Crippen molar-refractivity contribution in [3.63, 3.8) is 0 Å². The molecule has 0 heterocycles. The zero-order valence-electron chi connectivity index (χ0n) is 26.8. The third-order valence-electron chi connectivity index (χ3n) is 14.3. The molecule has 1 amide bonds. The first-order valence-electron chi connectivity index (χ1n) is 16.4. The van der Waals surface area contributed by atoms with Gasteiger partial charge < -0.3 is 14.8 Å². The molecule has 226 valence electrons. The second kappa shape index (κ2) is 10.0. The molecule has 0 aromatic rings. The molecule has 0 spiro atoms. The van der Waals surface area contributed by atoms with Crippen LogP contribution in [0.3, 0.4) is 0 Å². The van der Waals surface area contributed by atoms with Crippen molar-refractivity contribution >= 4 is 12.1 Å². The van der Waals surface area contributed by atoms with Crippen molar-refractivity contribution in [1.29, 1.82) is 0 Å². The number of hydrogen-bond acceptors (Lipinski definition) is 4. The number of alkyl carbamates (subject to hydrolysis) is 1. The highest BCUT2D eigenvalue weighted by atomic mass is 16.6. The van der Waals surface area contributed by atoms with E-state index in [1.807, 2.05) is 6.92 Å². The Kier molecular flexibility index (Phi) is 7.52. The molecular formula is C35H57NO4. The average Bonchev–Trinajstić information content (AvgIpc) is 3.25. The van der Waals surface area contributed by atoms with Crippen molar-refractivity contribution in [3.05, 3.63) is 12.2 Å². The van der Waals surface area contributed by atoms with Crippen LogP contribution in [-0.4, -0.2) is 31.3 Å². The van der Waals surface area contributed by atoms with Crippen molar-refractivity contribution in [2.75, 3.05) is 13.2 Å². The zero-order chi connectivity index (χ0) is 29.3. The summed E-state index contributed by atoms with van der Waals surface area (Å²) >= 11 is 0. The summed E-state index contributed by atoms with van der Waals surface area (Å²) < 4.78 is 11.9. The fraction of sp³-hybridized carbons (Fsp3) is 0.886. The van der Waals surface area contributed by atoms with E-state index in [-0.39, 0.29) is 45.2 Å². The molecule has 0 radical (unpaired) electrons. The Morgan fingerprint density at radius 1 is 0.850 bits per heavy atom. The number of esters is 1. The highest BCUT2D eigenvalue weighted by Gasteiger charge is 2.71. The highest BCUT2D eigenvalue weighted by molar-refractivity contribution is 5.67. The van der Waals surface area contributed by atoms with Gasteiger partial charge in [0.15, 0.2) is 0 Å². The Morgan fingerprint density at radius 2 is 1.57 bits per heavy atom. The molecule has 0 bridgehead atoms. The van der Waals surface area contributed by atoms with E-state index in [0.29, 0.717) is 42.7 Å². The van der Waals surface area contributed by atoms with Crippen LogP contribution in [0.4, 0.5) is 4.79 Å². The molecular weight excluding hydrogens is 498 g/mol. The fourth-order valence-corrected chi connectivity index (χ4v) is 12.3. The first-order valence-corrected chi connectivity index (χ1v) is 16.4. The SMILES string of the molecule is C=C(C)C1CC[C@]2(COC(C)=O)CC[C@]3(C)C(CCC4[C@@]5(C)CC[C@H](OC(=O)NCC)C(C)(C)C5CC[C@]43C)C12. The summed E-state index contributed by atoms with van der Waals surface area (Å²) in [6, 6.07) is 0. The van der Waals surface area contributed by atoms with E-state index in [1.165, 1.54) is 44.1 Å². The predicted molar refractivity (Wildman–Crippen MR) is 160 cm³/mol. The van der Waals surface area contributed by atoms with Crippen LogP contribution >= 0.6 is 0 Å². The summed E-state index contributed by atoms with van der Waals surface area (Å²) in [5.41, 5.74) is 2.19. The fourth-order valence-electron chi connectivity index (χ4n) is 12.3. The van der Waals surface area contributed by atoms with Crippen LogP contribution in [0.5, 0.6) is 0 Å². The lowest BCUT2D eigenvalue weighted by Gasteiger charge is -2.73. The van der Waals surface area contributed by atoms with Crippen molar-refractivity contribution in [2.45, 2.75) is 126 Å². The van der Waals surface area contributed by atoms with Gasteiger partial charge in [0.2, 0.25) is 0 Å². The van der Waals surface area contributed by atoms with E-state index >= 15 is 0 Å². The van der Waals surface area contributed by atoms with Gasteiger partial charge in [-0.05, 0) is 124 Å². The molecule has 0 aliphatic heterocycles. The second-order valence-electron chi connectivity index (χ2n) is 16.1. The van der Waals surface area contributed by atoms with Gasteiger partial charge in [-0.15, -0.1) is 0 Å². The van der Waals surface area contributed by atoms with Crippen LogP contribution in [0.1, 0.15) is 120 Å². The summed E-state index contributed by atoms with van der Waals surface area (Å²) in [6.45, 7) is 24.1. The third-order valence-corrected chi connectivity index (χ3v) is 14.3. The van der Waals surface area contributed by atoms with Gasteiger partial charge in [-0.3, -0.25) is 4.79 Å². The average molecular weight is 556 g/mol. The van der Waals surface area contributed by atoms with Gasteiger partial charge in [-0.1, -0.05) is 46.8 Å². The topological polar surface area (TPSA) is 64.6 Å². The lowest BCUT2D eigenvalue weighted by atomic mass is 9.32. The molecule has 5 heteroatoms. The zero-order valence-corrected chi connectivity index (χ0v) is 26.8. The van der Waals surface area contributed by atoms with E-state index in [4.69, 9.17) is 9.47 Å². The van der Waals surface area contributed by atoms with Crippen molar-refractivity contribution in [2.24, 2.45) is 56.7 Å². The van der Waals surface area contributed by atoms with Crippen LogP contribution in [0.2, 0.25) is 0 Å². The summed E-state index contributed by atoms with van der Waals surface area (Å²) in [5, 5.41) is 2.85. The number of carbonyl (C=O) groups excluding carboxylic acids is 2. The van der Waals surface area contributed by atoms with Gasteiger partial charge in [0.05, 0.1) is 6.61 Å². The van der Waals surface area contributed by atoms with E-state index in [1.54, 1.807) is 6.92 Å². The van der Waals surface area contributed by atoms with E-state index in [2.05, 4.69) is 53.4 Å². The largest absolute Gasteiger partial charge is 0.465 e. The molecule has 5 aliphatic carbocycles. The maximum atomic E-state index is 12.4. The first-order chi connectivity index (χ1) is 18.7. The lowest BCUT2D eigenvalue weighted by Crippen LogP contribution is -2.67. The summed E-state index contributed by atoms with van der Waals surface area (Å²) in [7, 11) is 0. The number of fused-ring (bicyclic) bond motifs is 7. The summed E-state index contributed by atoms with van der Waals surface area (Å²) in [4.78, 5) is 24.4. The van der Waals surface area contributed by atoms with E-state index in [9.17, 15) is 9.59 Å². The minimum absolute atomic E-state index is 0.0280. The number of ether oxygens (including phenoxy) is 2. The van der Waals surface area contributed by atoms with Gasteiger partial charge >= 0.3 is 12.1 Å². The van der Waals surface area contributed by atoms with Crippen LogP contribution < -0.4 is 5.32 Å². The number of nitrogens with one attached hydrogen (secondary N) is 1.